The van der Waals surface area contributed by atoms with Crippen LogP contribution in [0.15, 0.2) is 6.20 Å². The van der Waals surface area contributed by atoms with Crippen LogP contribution in [0.2, 0.25) is 0 Å². The largest absolute Gasteiger partial charge is 0.369 e. The lowest BCUT2D eigenvalue weighted by molar-refractivity contribution is -0.128. The lowest BCUT2D eigenvalue weighted by Gasteiger charge is -2.11. The summed E-state index contributed by atoms with van der Waals surface area (Å²) in [4.78, 5) is 21.6. The molecule has 0 bridgehead atoms. The maximum Gasteiger partial charge on any atom is 0.226 e. The van der Waals surface area contributed by atoms with Gasteiger partial charge in [0.1, 0.15) is 5.82 Å². The van der Waals surface area contributed by atoms with Crippen molar-refractivity contribution in [2.45, 2.75) is 6.42 Å². The Balaban J connectivity index is 2.11. The van der Waals surface area contributed by atoms with Crippen molar-refractivity contribution in [1.82, 2.24) is 25.1 Å². The molecule has 19 heavy (non-hydrogen) atoms. The number of anilines is 2. The minimum atomic E-state index is 0.0684. The molecule has 2 rings (SSSR count). The first kappa shape index (κ1) is 13.1. The molecule has 0 aliphatic carbocycles. The number of hydrogen-bond donors (Lipinski definition) is 3. The quantitative estimate of drug-likeness (QED) is 0.717. The first-order valence-corrected chi connectivity index (χ1v) is 5.94. The molecule has 1 amide bonds. The molecular formula is C11H17N7O. The van der Waals surface area contributed by atoms with E-state index in [9.17, 15) is 4.79 Å². The van der Waals surface area contributed by atoms with Crippen molar-refractivity contribution >= 4 is 28.7 Å². The average Bonchev–Trinajstić information content (AvgIpc) is 2.86. The zero-order valence-electron chi connectivity index (χ0n) is 11.2. The number of hydrogen-bond acceptors (Lipinski definition) is 6. The van der Waals surface area contributed by atoms with Crippen LogP contribution in [0.1, 0.15) is 6.42 Å². The maximum atomic E-state index is 11.5. The van der Waals surface area contributed by atoms with E-state index in [-0.39, 0.29) is 5.91 Å². The molecule has 102 valence electrons. The summed E-state index contributed by atoms with van der Waals surface area (Å²) in [6.07, 6.45) is 2.07. The van der Waals surface area contributed by atoms with Gasteiger partial charge in [0.2, 0.25) is 11.9 Å². The van der Waals surface area contributed by atoms with Gasteiger partial charge in [0.15, 0.2) is 5.65 Å². The van der Waals surface area contributed by atoms with E-state index in [1.54, 1.807) is 32.2 Å². The highest BCUT2D eigenvalue weighted by molar-refractivity contribution is 5.87. The highest BCUT2D eigenvalue weighted by Gasteiger charge is 2.09. The Morgan fingerprint density at radius 1 is 1.42 bits per heavy atom. The minimum Gasteiger partial charge on any atom is -0.369 e. The van der Waals surface area contributed by atoms with Crippen LogP contribution >= 0.6 is 0 Å². The molecule has 2 heterocycles. The standard InChI is InChI=1S/C11H17N7O/c1-12-11-15-9(7-6-14-17-10(7)16-11)13-5-4-8(19)18(2)3/h6H,4-5H2,1-3H3,(H3,12,13,14,15,16,17). The molecule has 8 nitrogen and oxygen atoms in total. The van der Waals surface area contributed by atoms with Gasteiger partial charge in [0, 0.05) is 34.1 Å². The monoisotopic (exact) mass is 263 g/mol. The van der Waals surface area contributed by atoms with Gasteiger partial charge >= 0.3 is 0 Å². The van der Waals surface area contributed by atoms with E-state index >= 15 is 0 Å². The topological polar surface area (TPSA) is 98.8 Å². The Kier molecular flexibility index (Phi) is 3.79. The zero-order chi connectivity index (χ0) is 13.8. The molecule has 0 aromatic carbocycles. The predicted molar refractivity (Wildman–Crippen MR) is 73.0 cm³/mol. The second kappa shape index (κ2) is 5.51. The first-order valence-electron chi connectivity index (χ1n) is 5.94. The molecule has 8 heteroatoms. The van der Waals surface area contributed by atoms with Crippen LogP contribution in [0.3, 0.4) is 0 Å². The number of aromatic amines is 1. The van der Waals surface area contributed by atoms with Gasteiger partial charge in [0.05, 0.1) is 11.6 Å². The number of nitrogens with zero attached hydrogens (tertiary/aromatic N) is 4. The fraction of sp³-hybridized carbons (Fsp3) is 0.455. The summed E-state index contributed by atoms with van der Waals surface area (Å²) in [6, 6.07) is 0. The smallest absolute Gasteiger partial charge is 0.226 e. The van der Waals surface area contributed by atoms with Crippen LogP contribution in [-0.2, 0) is 4.79 Å². The van der Waals surface area contributed by atoms with E-state index in [0.29, 0.717) is 30.4 Å². The minimum absolute atomic E-state index is 0.0684. The molecular weight excluding hydrogens is 246 g/mol. The summed E-state index contributed by atoms with van der Waals surface area (Å²) in [5.41, 5.74) is 0.654. The molecule has 2 aromatic heterocycles. The van der Waals surface area contributed by atoms with E-state index in [1.165, 1.54) is 0 Å². The Morgan fingerprint density at radius 3 is 2.89 bits per heavy atom. The highest BCUT2D eigenvalue weighted by Crippen LogP contribution is 2.19. The van der Waals surface area contributed by atoms with Crippen molar-refractivity contribution in [2.75, 3.05) is 38.3 Å². The number of rotatable bonds is 5. The van der Waals surface area contributed by atoms with Crippen molar-refractivity contribution in [1.29, 1.82) is 0 Å². The van der Waals surface area contributed by atoms with Gasteiger partial charge in [-0.25, -0.2) is 0 Å². The average molecular weight is 263 g/mol. The molecule has 0 aliphatic heterocycles. The van der Waals surface area contributed by atoms with E-state index in [1.807, 2.05) is 0 Å². The highest BCUT2D eigenvalue weighted by atomic mass is 16.2. The normalized spacial score (nSPS) is 10.5. The molecule has 0 atom stereocenters. The third-order valence-electron chi connectivity index (χ3n) is 2.66. The second-order valence-corrected chi connectivity index (χ2v) is 4.24. The summed E-state index contributed by atoms with van der Waals surface area (Å²) >= 11 is 0. The second-order valence-electron chi connectivity index (χ2n) is 4.24. The van der Waals surface area contributed by atoms with Gasteiger partial charge in [-0.15, -0.1) is 0 Å². The van der Waals surface area contributed by atoms with Crippen molar-refractivity contribution in [3.05, 3.63) is 6.20 Å². The molecule has 0 radical (unpaired) electrons. The van der Waals surface area contributed by atoms with Crippen molar-refractivity contribution in [3.63, 3.8) is 0 Å². The Labute approximate surface area is 110 Å². The van der Waals surface area contributed by atoms with E-state index < -0.39 is 0 Å². The van der Waals surface area contributed by atoms with Crippen LogP contribution in [-0.4, -0.2) is 58.7 Å². The Bertz CT molecular complexity index is 577. The van der Waals surface area contributed by atoms with Crippen molar-refractivity contribution < 1.29 is 4.79 Å². The number of nitrogens with one attached hydrogen (secondary N) is 3. The first-order chi connectivity index (χ1) is 9.11. The number of carbonyl (C=O) groups is 1. The van der Waals surface area contributed by atoms with Gasteiger partial charge in [0.25, 0.3) is 0 Å². The molecule has 0 saturated heterocycles. The SMILES string of the molecule is CNc1nc(NCCC(=O)N(C)C)c2cn[nH]c2n1. The molecule has 0 spiro atoms. The summed E-state index contributed by atoms with van der Waals surface area (Å²) in [5, 5.41) is 13.6. The zero-order valence-corrected chi connectivity index (χ0v) is 11.2. The lowest BCUT2D eigenvalue weighted by atomic mass is 10.3. The van der Waals surface area contributed by atoms with Gasteiger partial charge in [-0.3, -0.25) is 9.89 Å². The summed E-state index contributed by atoms with van der Waals surface area (Å²) in [5.74, 6) is 1.23. The van der Waals surface area contributed by atoms with E-state index in [4.69, 9.17) is 0 Å². The van der Waals surface area contributed by atoms with Gasteiger partial charge < -0.3 is 15.5 Å². The maximum absolute atomic E-state index is 11.5. The van der Waals surface area contributed by atoms with Crippen LogP contribution in [0.5, 0.6) is 0 Å². The van der Waals surface area contributed by atoms with E-state index in [2.05, 4.69) is 30.8 Å². The Morgan fingerprint density at radius 2 is 2.21 bits per heavy atom. The summed E-state index contributed by atoms with van der Waals surface area (Å²) in [6.45, 7) is 0.511. The molecule has 0 aliphatic rings. The number of fused-ring (bicyclic) bond motifs is 1. The predicted octanol–water partition coefficient (Wildman–Crippen LogP) is 0.285. The third-order valence-corrected chi connectivity index (χ3v) is 2.66. The van der Waals surface area contributed by atoms with Crippen LogP contribution in [0, 0.1) is 0 Å². The third kappa shape index (κ3) is 2.90. The molecule has 3 N–H and O–H groups in total. The number of amides is 1. The van der Waals surface area contributed by atoms with Gasteiger partial charge in [-0.1, -0.05) is 0 Å². The summed E-state index contributed by atoms with van der Waals surface area (Å²) in [7, 11) is 5.22. The fourth-order valence-electron chi connectivity index (χ4n) is 1.59. The molecule has 0 unspecified atom stereocenters. The van der Waals surface area contributed by atoms with Crippen molar-refractivity contribution in [3.8, 4) is 0 Å². The molecule has 0 saturated carbocycles. The number of H-pyrrole nitrogens is 1. The van der Waals surface area contributed by atoms with Crippen LogP contribution in [0.25, 0.3) is 11.0 Å². The summed E-state index contributed by atoms with van der Waals surface area (Å²) < 4.78 is 0. The van der Waals surface area contributed by atoms with Gasteiger partial charge in [-0.05, 0) is 0 Å². The Hall–Kier alpha value is -2.38. The number of aromatic nitrogens is 4. The molecule has 2 aromatic rings. The fourth-order valence-corrected chi connectivity index (χ4v) is 1.59. The van der Waals surface area contributed by atoms with Crippen molar-refractivity contribution in [2.24, 2.45) is 0 Å². The van der Waals surface area contributed by atoms with E-state index in [0.717, 1.165) is 5.39 Å². The van der Waals surface area contributed by atoms with Crippen LogP contribution < -0.4 is 10.6 Å². The van der Waals surface area contributed by atoms with Gasteiger partial charge in [-0.2, -0.15) is 15.1 Å². The van der Waals surface area contributed by atoms with Crippen LogP contribution in [0.4, 0.5) is 11.8 Å². The lowest BCUT2D eigenvalue weighted by Crippen LogP contribution is -2.24. The molecule has 0 fully saturated rings. The number of carbonyl (C=O) groups excluding carboxylic acids is 1.